The molecule has 28 heavy (non-hydrogen) atoms. The van der Waals surface area contributed by atoms with E-state index in [4.69, 9.17) is 22.1 Å². The molecule has 0 aliphatic heterocycles. The molecule has 1 aromatic carbocycles. The van der Waals surface area contributed by atoms with E-state index < -0.39 is 11.2 Å². The highest BCUT2D eigenvalue weighted by Crippen LogP contribution is 2.34. The van der Waals surface area contributed by atoms with Crippen molar-refractivity contribution in [2.24, 2.45) is 0 Å². The number of aromatic amines is 2. The van der Waals surface area contributed by atoms with Crippen LogP contribution >= 0.6 is 11.6 Å². The van der Waals surface area contributed by atoms with Crippen LogP contribution in [0.3, 0.4) is 0 Å². The van der Waals surface area contributed by atoms with Gasteiger partial charge in [-0.1, -0.05) is 25.4 Å². The summed E-state index contributed by atoms with van der Waals surface area (Å²) in [4.78, 5) is 37.3. The maximum atomic E-state index is 12.0. The lowest BCUT2D eigenvalue weighted by atomic mass is 10.1. The summed E-state index contributed by atoms with van der Waals surface area (Å²) >= 11 is 6.38. The number of ether oxygens (including phenoxy) is 1. The Balaban J connectivity index is 2.03. The average Bonchev–Trinajstić information content (AvgIpc) is 2.64. The minimum absolute atomic E-state index is 0.0164. The summed E-state index contributed by atoms with van der Waals surface area (Å²) in [6.45, 7) is 5.40. The van der Waals surface area contributed by atoms with E-state index in [1.807, 2.05) is 13.8 Å². The lowest BCUT2D eigenvalue weighted by Crippen LogP contribution is -2.33. The highest BCUT2D eigenvalue weighted by Gasteiger charge is 2.16. The number of rotatable bonds is 4. The monoisotopic (exact) mass is 404 g/mol. The van der Waals surface area contributed by atoms with Gasteiger partial charge in [-0.3, -0.25) is 14.6 Å². The number of nitrogen functional groups attached to an aromatic ring is 1. The summed E-state index contributed by atoms with van der Waals surface area (Å²) in [5, 5.41) is 10.2. The molecular weight excluding hydrogens is 388 g/mol. The summed E-state index contributed by atoms with van der Waals surface area (Å²) in [6, 6.07) is 4.59. The fraction of sp³-hybridized carbons (Fsp3) is 0.235. The van der Waals surface area contributed by atoms with Gasteiger partial charge in [0.15, 0.2) is 0 Å². The number of benzene rings is 1. The van der Waals surface area contributed by atoms with Crippen molar-refractivity contribution in [3.63, 3.8) is 0 Å². The molecule has 146 valence electrons. The fourth-order valence-corrected chi connectivity index (χ4v) is 2.73. The molecule has 10 nitrogen and oxygen atoms in total. The van der Waals surface area contributed by atoms with Crippen LogP contribution in [0.1, 0.15) is 30.9 Å². The third-order valence-corrected chi connectivity index (χ3v) is 4.52. The zero-order chi connectivity index (χ0) is 20.6. The van der Waals surface area contributed by atoms with Crippen LogP contribution in [0.15, 0.2) is 32.6 Å². The molecule has 0 saturated heterocycles. The van der Waals surface area contributed by atoms with Crippen LogP contribution in [0.2, 0.25) is 5.02 Å². The Morgan fingerprint density at radius 3 is 2.61 bits per heavy atom. The molecule has 2 aromatic heterocycles. The van der Waals surface area contributed by atoms with Crippen molar-refractivity contribution in [1.29, 1.82) is 0 Å². The Labute approximate surface area is 162 Å². The minimum atomic E-state index is -0.768. The second-order valence-electron chi connectivity index (χ2n) is 6.33. The minimum Gasteiger partial charge on any atom is -0.436 e. The summed E-state index contributed by atoms with van der Waals surface area (Å²) in [6.07, 6.45) is 0. The number of aromatic nitrogens is 5. The van der Waals surface area contributed by atoms with E-state index in [2.05, 4.69) is 20.3 Å². The summed E-state index contributed by atoms with van der Waals surface area (Å²) in [7, 11) is 0. The third-order valence-electron chi connectivity index (χ3n) is 4.05. The molecule has 3 rings (SSSR count). The van der Waals surface area contributed by atoms with Gasteiger partial charge in [0.1, 0.15) is 5.75 Å². The lowest BCUT2D eigenvalue weighted by Gasteiger charge is -2.13. The molecule has 2 heterocycles. The maximum absolute atomic E-state index is 12.0. The maximum Gasteiger partial charge on any atom is 0.349 e. The Hall–Kier alpha value is -3.40. The van der Waals surface area contributed by atoms with Gasteiger partial charge in [-0.15, -0.1) is 10.2 Å². The van der Waals surface area contributed by atoms with Crippen LogP contribution in [0.4, 0.5) is 5.82 Å². The van der Waals surface area contributed by atoms with Crippen molar-refractivity contribution in [2.45, 2.75) is 26.7 Å². The number of nitrogens with two attached hydrogens (primary N) is 1. The molecule has 0 aliphatic carbocycles. The normalized spacial score (nSPS) is 11.0. The predicted molar refractivity (Wildman–Crippen MR) is 104 cm³/mol. The number of halogens is 1. The second-order valence-corrected chi connectivity index (χ2v) is 6.70. The first-order valence-electron chi connectivity index (χ1n) is 8.25. The van der Waals surface area contributed by atoms with E-state index in [9.17, 15) is 14.4 Å². The van der Waals surface area contributed by atoms with Crippen molar-refractivity contribution >= 4 is 17.4 Å². The Morgan fingerprint density at radius 2 is 1.93 bits per heavy atom. The third kappa shape index (κ3) is 3.54. The van der Waals surface area contributed by atoms with Gasteiger partial charge in [0.05, 0.1) is 10.7 Å². The first-order valence-corrected chi connectivity index (χ1v) is 8.63. The van der Waals surface area contributed by atoms with E-state index in [-0.39, 0.29) is 33.9 Å². The van der Waals surface area contributed by atoms with Gasteiger partial charge in [0.25, 0.3) is 11.1 Å². The molecule has 0 saturated carbocycles. The molecule has 0 amide bonds. The molecule has 0 radical (unpaired) electrons. The van der Waals surface area contributed by atoms with Crippen molar-refractivity contribution < 1.29 is 4.74 Å². The zero-order valence-electron chi connectivity index (χ0n) is 15.2. The number of nitrogens with one attached hydrogen (secondary N) is 2. The van der Waals surface area contributed by atoms with Crippen LogP contribution in [-0.4, -0.2) is 25.0 Å². The first kappa shape index (κ1) is 19.4. The van der Waals surface area contributed by atoms with E-state index in [0.717, 1.165) is 4.68 Å². The van der Waals surface area contributed by atoms with E-state index in [0.29, 0.717) is 16.8 Å². The van der Waals surface area contributed by atoms with Crippen LogP contribution in [-0.2, 0) is 0 Å². The van der Waals surface area contributed by atoms with Gasteiger partial charge >= 0.3 is 5.69 Å². The molecule has 4 N–H and O–H groups in total. The molecular formula is C17H17ClN6O4. The van der Waals surface area contributed by atoms with Gasteiger partial charge in [0.2, 0.25) is 11.7 Å². The standard InChI is InChI=1S/C17H17ClN6O4/c1-7(2)9-6-12(21-22-15(9)25)28-11-5-4-10(8(3)13(11)18)24-17(27)20-16(26)14(19)23-24/h4-7H,1-3H3,(H2,19,23)(H,22,25)(H,20,26,27). The van der Waals surface area contributed by atoms with Gasteiger partial charge in [-0.25, -0.2) is 9.89 Å². The van der Waals surface area contributed by atoms with Crippen LogP contribution in [0.5, 0.6) is 11.6 Å². The van der Waals surface area contributed by atoms with Crippen molar-refractivity contribution in [3.8, 4) is 17.3 Å². The van der Waals surface area contributed by atoms with E-state index >= 15 is 0 Å². The molecule has 0 fully saturated rings. The van der Waals surface area contributed by atoms with Crippen molar-refractivity contribution in [3.05, 3.63) is 65.5 Å². The topological polar surface area (TPSA) is 149 Å². The highest BCUT2D eigenvalue weighted by atomic mass is 35.5. The molecule has 0 bridgehead atoms. The first-order chi connectivity index (χ1) is 13.2. The van der Waals surface area contributed by atoms with Crippen LogP contribution < -0.4 is 27.3 Å². The van der Waals surface area contributed by atoms with Gasteiger partial charge in [0, 0.05) is 11.6 Å². The number of hydrogen-bond donors (Lipinski definition) is 3. The summed E-state index contributed by atoms with van der Waals surface area (Å²) < 4.78 is 6.64. The SMILES string of the molecule is Cc1c(-n2nc(N)c(=O)[nH]c2=O)ccc(Oc2cc(C(C)C)c(=O)[nH]n2)c1Cl. The number of hydrogen-bond acceptors (Lipinski definition) is 7. The van der Waals surface area contributed by atoms with Crippen molar-refractivity contribution in [2.75, 3.05) is 5.73 Å². The molecule has 0 atom stereocenters. The lowest BCUT2D eigenvalue weighted by molar-refractivity contribution is 0.452. The van der Waals surface area contributed by atoms with Crippen molar-refractivity contribution in [1.82, 2.24) is 25.0 Å². The highest BCUT2D eigenvalue weighted by molar-refractivity contribution is 6.33. The second kappa shape index (κ2) is 7.31. The molecule has 0 spiro atoms. The Kier molecular flexibility index (Phi) is 5.06. The molecule has 3 aromatic rings. The quantitative estimate of drug-likeness (QED) is 0.595. The predicted octanol–water partition coefficient (Wildman–Crippen LogP) is 1.46. The molecule has 0 unspecified atom stereocenters. The Bertz CT molecular complexity index is 1230. The van der Waals surface area contributed by atoms with Gasteiger partial charge in [-0.2, -0.15) is 4.68 Å². The number of H-pyrrole nitrogens is 2. The number of anilines is 1. The largest absolute Gasteiger partial charge is 0.436 e. The van der Waals surface area contributed by atoms with Gasteiger partial charge < -0.3 is 10.5 Å². The fourth-order valence-electron chi connectivity index (χ4n) is 2.53. The number of nitrogens with zero attached hydrogens (tertiary/aromatic N) is 3. The molecule has 0 aliphatic rings. The van der Waals surface area contributed by atoms with Gasteiger partial charge in [-0.05, 0) is 30.5 Å². The average molecular weight is 405 g/mol. The smallest absolute Gasteiger partial charge is 0.349 e. The van der Waals surface area contributed by atoms with Crippen LogP contribution in [0.25, 0.3) is 5.69 Å². The van der Waals surface area contributed by atoms with E-state index in [1.165, 1.54) is 18.2 Å². The summed E-state index contributed by atoms with van der Waals surface area (Å²) in [5.41, 5.74) is 4.99. The zero-order valence-corrected chi connectivity index (χ0v) is 16.0. The molecule has 11 heteroatoms. The van der Waals surface area contributed by atoms with E-state index in [1.54, 1.807) is 6.92 Å². The van der Waals surface area contributed by atoms with Crippen LogP contribution in [0, 0.1) is 6.92 Å². The Morgan fingerprint density at radius 1 is 1.21 bits per heavy atom. The summed E-state index contributed by atoms with van der Waals surface area (Å²) in [5.74, 6) is 0.0648.